The Kier molecular flexibility index (Phi) is 6.92. The van der Waals surface area contributed by atoms with Gasteiger partial charge in [-0.05, 0) is 23.6 Å². The summed E-state index contributed by atoms with van der Waals surface area (Å²) in [6, 6.07) is 10.5. The predicted octanol–water partition coefficient (Wildman–Crippen LogP) is 3.57. The minimum atomic E-state index is -0.432. The van der Waals surface area contributed by atoms with Gasteiger partial charge < -0.3 is 24.3 Å². The van der Waals surface area contributed by atoms with E-state index in [1.807, 2.05) is 0 Å². The number of nitrogens with one attached hydrogen (secondary N) is 1. The number of anilines is 1. The first-order valence-electron chi connectivity index (χ1n) is 10.2. The third-order valence-corrected chi connectivity index (χ3v) is 4.95. The number of nitrogens with zero attached hydrogens (tertiary/aromatic N) is 1. The Morgan fingerprint density at radius 1 is 0.906 bits per heavy atom. The monoisotopic (exact) mass is 440 g/mol. The third kappa shape index (κ3) is 4.49. The lowest BCUT2D eigenvalue weighted by atomic mass is 10.0. The summed E-state index contributed by atoms with van der Waals surface area (Å²) in [4.78, 5) is 26.8. The van der Waals surface area contributed by atoms with Gasteiger partial charge in [0.2, 0.25) is 5.75 Å². The van der Waals surface area contributed by atoms with Gasteiger partial charge in [0.25, 0.3) is 11.8 Å². The highest BCUT2D eigenvalue weighted by molar-refractivity contribution is 6.36. The molecular weight excluding hydrogens is 412 g/mol. The minimum Gasteiger partial charge on any atom is -0.493 e. The number of rotatable bonds is 9. The molecule has 1 aliphatic rings. The van der Waals surface area contributed by atoms with Crippen molar-refractivity contribution in [3.63, 3.8) is 0 Å². The molecule has 8 nitrogen and oxygen atoms in total. The molecule has 2 amide bonds. The number of hydrogen-bond donors (Lipinski definition) is 1. The first-order chi connectivity index (χ1) is 15.3. The summed E-state index contributed by atoms with van der Waals surface area (Å²) in [6.45, 7) is 4.73. The van der Waals surface area contributed by atoms with E-state index in [9.17, 15) is 9.59 Å². The molecule has 0 radical (unpaired) electrons. The average Bonchev–Trinajstić information content (AvgIpc) is 3.00. The molecule has 0 fully saturated rings. The van der Waals surface area contributed by atoms with Gasteiger partial charge in [0.05, 0.1) is 33.5 Å². The number of ether oxygens (including phenoxy) is 4. The fourth-order valence-corrected chi connectivity index (χ4v) is 3.30. The summed E-state index contributed by atoms with van der Waals surface area (Å²) in [5, 5.41) is 3.08. The molecular formula is C24H28N2O6. The average molecular weight is 440 g/mol. The number of benzene rings is 2. The topological polar surface area (TPSA) is 86.3 Å². The summed E-state index contributed by atoms with van der Waals surface area (Å²) >= 11 is 0. The molecule has 1 N–H and O–H groups in total. The van der Waals surface area contributed by atoms with Gasteiger partial charge in [-0.3, -0.25) is 14.5 Å². The van der Waals surface area contributed by atoms with E-state index in [-0.39, 0.29) is 17.2 Å². The number of imide groups is 1. The van der Waals surface area contributed by atoms with Crippen molar-refractivity contribution in [3.8, 4) is 23.0 Å². The quantitative estimate of drug-likeness (QED) is 0.597. The second-order valence-corrected chi connectivity index (χ2v) is 7.69. The summed E-state index contributed by atoms with van der Waals surface area (Å²) in [6.07, 6.45) is 0. The van der Waals surface area contributed by atoms with Crippen molar-refractivity contribution in [3.05, 3.63) is 47.7 Å². The Balaban J connectivity index is 2.00. The maximum atomic E-state index is 12.9. The highest BCUT2D eigenvalue weighted by Gasteiger charge is 2.37. The number of carbonyl (C=O) groups is 2. The maximum absolute atomic E-state index is 12.9. The molecule has 0 atom stereocenters. The molecule has 0 aromatic heterocycles. The minimum absolute atomic E-state index is 0.169. The summed E-state index contributed by atoms with van der Waals surface area (Å²) in [5.74, 6) is 1.56. The standard InChI is InChI=1S/C24H28N2O6/c1-14(2)13-32-17-9-7-15(8-10-17)20-21(24(28)26(3)23(20)27)25-16-11-18(29-4)22(31-6)19(12-16)30-5/h7-12,14,25H,13H2,1-6H3. The van der Waals surface area contributed by atoms with E-state index in [4.69, 9.17) is 18.9 Å². The maximum Gasteiger partial charge on any atom is 0.277 e. The van der Waals surface area contributed by atoms with Gasteiger partial charge in [-0.25, -0.2) is 0 Å². The Morgan fingerprint density at radius 2 is 1.50 bits per heavy atom. The largest absolute Gasteiger partial charge is 0.493 e. The molecule has 2 aromatic carbocycles. The van der Waals surface area contributed by atoms with E-state index >= 15 is 0 Å². The van der Waals surface area contributed by atoms with Crippen LogP contribution < -0.4 is 24.3 Å². The molecule has 8 heteroatoms. The fourth-order valence-electron chi connectivity index (χ4n) is 3.30. The first-order valence-corrected chi connectivity index (χ1v) is 10.2. The molecule has 0 bridgehead atoms. The molecule has 2 aromatic rings. The predicted molar refractivity (Wildman–Crippen MR) is 121 cm³/mol. The van der Waals surface area contributed by atoms with Crippen LogP contribution >= 0.6 is 0 Å². The van der Waals surface area contributed by atoms with Gasteiger partial charge in [-0.2, -0.15) is 0 Å². The van der Waals surface area contributed by atoms with Crippen molar-refractivity contribution in [2.75, 3.05) is 40.3 Å². The van der Waals surface area contributed by atoms with E-state index in [0.717, 1.165) is 4.90 Å². The molecule has 0 saturated carbocycles. The van der Waals surface area contributed by atoms with Crippen LogP contribution in [-0.2, 0) is 9.59 Å². The lowest BCUT2D eigenvalue weighted by molar-refractivity contribution is -0.135. The highest BCUT2D eigenvalue weighted by atomic mass is 16.5. The number of likely N-dealkylation sites (N-methyl/N-ethyl adjacent to an activating group) is 1. The van der Waals surface area contributed by atoms with Crippen LogP contribution in [0.25, 0.3) is 5.57 Å². The normalized spacial score (nSPS) is 13.7. The zero-order valence-corrected chi connectivity index (χ0v) is 19.1. The molecule has 32 heavy (non-hydrogen) atoms. The Bertz CT molecular complexity index is 1020. The van der Waals surface area contributed by atoms with E-state index in [1.54, 1.807) is 36.4 Å². The molecule has 3 rings (SSSR count). The SMILES string of the molecule is COc1cc(NC2=C(c3ccc(OCC(C)C)cc3)C(=O)N(C)C2=O)cc(OC)c1OC. The van der Waals surface area contributed by atoms with Gasteiger partial charge in [-0.15, -0.1) is 0 Å². The van der Waals surface area contributed by atoms with Crippen molar-refractivity contribution in [1.82, 2.24) is 4.90 Å². The van der Waals surface area contributed by atoms with Crippen molar-refractivity contribution < 1.29 is 28.5 Å². The summed E-state index contributed by atoms with van der Waals surface area (Å²) in [5.41, 5.74) is 1.57. The molecule has 0 saturated heterocycles. The van der Waals surface area contributed by atoms with Crippen LogP contribution in [0.2, 0.25) is 0 Å². The van der Waals surface area contributed by atoms with Crippen molar-refractivity contribution in [2.45, 2.75) is 13.8 Å². The lowest BCUT2D eigenvalue weighted by Gasteiger charge is -2.15. The van der Waals surface area contributed by atoms with Gasteiger partial charge in [0, 0.05) is 24.9 Å². The smallest absolute Gasteiger partial charge is 0.277 e. The highest BCUT2D eigenvalue weighted by Crippen LogP contribution is 2.41. The van der Waals surface area contributed by atoms with Crippen LogP contribution in [0.3, 0.4) is 0 Å². The van der Waals surface area contributed by atoms with E-state index in [0.29, 0.717) is 46.8 Å². The van der Waals surface area contributed by atoms with Crippen LogP contribution in [-0.4, -0.2) is 51.7 Å². The Morgan fingerprint density at radius 3 is 2.00 bits per heavy atom. The molecule has 1 heterocycles. The van der Waals surface area contributed by atoms with Crippen LogP contribution in [0.5, 0.6) is 23.0 Å². The van der Waals surface area contributed by atoms with E-state index in [1.165, 1.54) is 28.4 Å². The van der Waals surface area contributed by atoms with Crippen molar-refractivity contribution >= 4 is 23.1 Å². The Labute approximate surface area is 187 Å². The zero-order valence-electron chi connectivity index (χ0n) is 19.1. The van der Waals surface area contributed by atoms with Gasteiger partial charge in [0.1, 0.15) is 11.4 Å². The molecule has 0 spiro atoms. The number of hydrogen-bond acceptors (Lipinski definition) is 7. The van der Waals surface area contributed by atoms with Crippen molar-refractivity contribution in [1.29, 1.82) is 0 Å². The zero-order chi connectivity index (χ0) is 23.4. The molecule has 1 aliphatic heterocycles. The fraction of sp³-hybridized carbons (Fsp3) is 0.333. The molecule has 0 unspecified atom stereocenters. The number of amides is 2. The Hall–Kier alpha value is -3.68. The van der Waals surface area contributed by atoms with Crippen LogP contribution in [0.1, 0.15) is 19.4 Å². The first kappa shape index (κ1) is 23.0. The van der Waals surface area contributed by atoms with Gasteiger partial charge >= 0.3 is 0 Å². The molecule has 170 valence electrons. The van der Waals surface area contributed by atoms with Gasteiger partial charge in [0.15, 0.2) is 11.5 Å². The second-order valence-electron chi connectivity index (χ2n) is 7.69. The summed E-state index contributed by atoms with van der Waals surface area (Å²) < 4.78 is 21.8. The number of carbonyl (C=O) groups excluding carboxylic acids is 2. The lowest BCUT2D eigenvalue weighted by Crippen LogP contribution is -2.27. The van der Waals surface area contributed by atoms with E-state index in [2.05, 4.69) is 19.2 Å². The van der Waals surface area contributed by atoms with E-state index < -0.39 is 5.91 Å². The summed E-state index contributed by atoms with van der Waals surface area (Å²) in [7, 11) is 5.98. The van der Waals surface area contributed by atoms with Crippen LogP contribution in [0.4, 0.5) is 5.69 Å². The second kappa shape index (κ2) is 9.64. The van der Waals surface area contributed by atoms with Crippen molar-refractivity contribution in [2.24, 2.45) is 5.92 Å². The third-order valence-electron chi connectivity index (χ3n) is 4.95. The van der Waals surface area contributed by atoms with Crippen LogP contribution in [0, 0.1) is 5.92 Å². The number of methoxy groups -OCH3 is 3. The molecule has 0 aliphatic carbocycles. The van der Waals surface area contributed by atoms with Crippen LogP contribution in [0.15, 0.2) is 42.1 Å². The van der Waals surface area contributed by atoms with Gasteiger partial charge in [-0.1, -0.05) is 26.0 Å².